The minimum absolute atomic E-state index is 0.00275. The first-order valence-corrected chi connectivity index (χ1v) is 9.35. The number of hydrogen-bond donors (Lipinski definition) is 1. The molecule has 7 nitrogen and oxygen atoms in total. The number of ether oxygens (including phenoxy) is 4. The molecule has 0 aliphatic heterocycles. The molecule has 0 saturated carbocycles. The maximum atomic E-state index is 12.5. The maximum absolute atomic E-state index is 12.5. The number of benzene rings is 2. The number of methoxy groups -OCH3 is 1. The molecule has 0 aliphatic rings. The highest BCUT2D eigenvalue weighted by molar-refractivity contribution is 6.30. The highest BCUT2D eigenvalue weighted by atomic mass is 35.5. The Hall–Kier alpha value is -3.39. The zero-order valence-electron chi connectivity index (χ0n) is 16.4. The van der Waals surface area contributed by atoms with E-state index in [1.807, 2.05) is 6.07 Å². The second kappa shape index (κ2) is 12.2. The van der Waals surface area contributed by atoms with Crippen LogP contribution >= 0.6 is 11.6 Å². The third-order valence-corrected chi connectivity index (χ3v) is 4.09. The predicted octanol–water partition coefficient (Wildman–Crippen LogP) is 3.14. The zero-order chi connectivity index (χ0) is 21.8. The Labute approximate surface area is 180 Å². The van der Waals surface area contributed by atoms with Gasteiger partial charge in [-0.15, -0.1) is 6.42 Å². The Morgan fingerprint density at radius 3 is 2.60 bits per heavy atom. The van der Waals surface area contributed by atoms with Crippen molar-refractivity contribution in [3.05, 3.63) is 53.1 Å². The number of halogens is 1. The van der Waals surface area contributed by atoms with E-state index in [0.717, 1.165) is 0 Å². The van der Waals surface area contributed by atoms with Crippen molar-refractivity contribution in [3.8, 4) is 35.7 Å². The lowest BCUT2D eigenvalue weighted by Crippen LogP contribution is -2.34. The quantitative estimate of drug-likeness (QED) is 0.437. The highest BCUT2D eigenvalue weighted by Gasteiger charge is 2.21. The number of hydrogen-bond acceptors (Lipinski definition) is 6. The molecular formula is C22H21ClN2O5. The van der Waals surface area contributed by atoms with Crippen molar-refractivity contribution < 1.29 is 23.7 Å². The Balaban J connectivity index is 1.90. The minimum atomic E-state index is -0.852. The van der Waals surface area contributed by atoms with Gasteiger partial charge in [-0.3, -0.25) is 4.79 Å². The summed E-state index contributed by atoms with van der Waals surface area (Å²) in [6.45, 7) is 0.378. The van der Waals surface area contributed by atoms with Crippen LogP contribution in [0.5, 0.6) is 17.2 Å². The molecule has 0 aromatic heterocycles. The Kier molecular flexibility index (Phi) is 9.33. The fourth-order valence-corrected chi connectivity index (χ4v) is 2.62. The van der Waals surface area contributed by atoms with Crippen molar-refractivity contribution >= 4 is 17.5 Å². The smallest absolute Gasteiger partial charge is 0.253 e. The average Bonchev–Trinajstić information content (AvgIpc) is 2.77. The SMILES string of the molecule is C#CCOC(C(=O)NCCOc1ccc(OCC#N)c(OC)c1)c1ccc(Cl)cc1. The number of carbonyl (C=O) groups is 1. The third kappa shape index (κ3) is 6.89. The molecule has 2 aromatic rings. The summed E-state index contributed by atoms with van der Waals surface area (Å²) in [5.41, 5.74) is 0.644. The van der Waals surface area contributed by atoms with Crippen molar-refractivity contribution in [1.82, 2.24) is 5.32 Å². The van der Waals surface area contributed by atoms with Crippen LogP contribution in [0.3, 0.4) is 0 Å². The van der Waals surface area contributed by atoms with Gasteiger partial charge in [-0.1, -0.05) is 29.7 Å². The summed E-state index contributed by atoms with van der Waals surface area (Å²) in [5.74, 6) is 3.43. The first-order valence-electron chi connectivity index (χ1n) is 8.98. The summed E-state index contributed by atoms with van der Waals surface area (Å²) in [6, 6.07) is 13.6. The maximum Gasteiger partial charge on any atom is 0.253 e. The molecule has 1 atom stereocenters. The van der Waals surface area contributed by atoms with Gasteiger partial charge in [0, 0.05) is 11.1 Å². The topological polar surface area (TPSA) is 89.8 Å². The van der Waals surface area contributed by atoms with Gasteiger partial charge >= 0.3 is 0 Å². The summed E-state index contributed by atoms with van der Waals surface area (Å²) >= 11 is 5.90. The number of nitrogens with zero attached hydrogens (tertiary/aromatic N) is 1. The van der Waals surface area contributed by atoms with Crippen molar-refractivity contribution in [2.45, 2.75) is 6.10 Å². The predicted molar refractivity (Wildman–Crippen MR) is 112 cm³/mol. The molecule has 1 unspecified atom stereocenters. The number of rotatable bonds is 11. The molecule has 0 bridgehead atoms. The van der Waals surface area contributed by atoms with Crippen LogP contribution < -0.4 is 19.5 Å². The highest BCUT2D eigenvalue weighted by Crippen LogP contribution is 2.31. The van der Waals surface area contributed by atoms with Gasteiger partial charge in [-0.25, -0.2) is 0 Å². The van der Waals surface area contributed by atoms with Crippen molar-refractivity contribution in [1.29, 1.82) is 5.26 Å². The molecule has 1 amide bonds. The Morgan fingerprint density at radius 1 is 1.17 bits per heavy atom. The van der Waals surface area contributed by atoms with Crippen molar-refractivity contribution in [3.63, 3.8) is 0 Å². The summed E-state index contributed by atoms with van der Waals surface area (Å²) in [4.78, 5) is 12.5. The van der Waals surface area contributed by atoms with E-state index in [0.29, 0.717) is 27.8 Å². The minimum Gasteiger partial charge on any atom is -0.493 e. The largest absolute Gasteiger partial charge is 0.493 e. The molecule has 156 valence electrons. The zero-order valence-corrected chi connectivity index (χ0v) is 17.1. The molecule has 8 heteroatoms. The van der Waals surface area contributed by atoms with Crippen LogP contribution in [-0.4, -0.2) is 39.4 Å². The first kappa shape index (κ1) is 22.9. The second-order valence-corrected chi connectivity index (χ2v) is 6.28. The van der Waals surface area contributed by atoms with E-state index >= 15 is 0 Å². The standard InChI is InChI=1S/C22H21ClN2O5/c1-3-12-30-21(16-4-6-17(23)7-5-16)22(26)25-11-14-28-18-8-9-19(29-13-10-24)20(15-18)27-2/h1,4-9,15,21H,11-14H2,2H3,(H,25,26). The van der Waals surface area contributed by atoms with Crippen molar-refractivity contribution in [2.24, 2.45) is 0 Å². The third-order valence-electron chi connectivity index (χ3n) is 3.84. The number of terminal acetylenes is 1. The van der Waals surface area contributed by atoms with Crippen LogP contribution in [0, 0.1) is 23.7 Å². The van der Waals surface area contributed by atoms with Gasteiger partial charge in [0.05, 0.1) is 13.7 Å². The summed E-state index contributed by atoms with van der Waals surface area (Å²) < 4.78 is 21.6. The Morgan fingerprint density at radius 2 is 1.93 bits per heavy atom. The van der Waals surface area contributed by atoms with Gasteiger partial charge in [0.25, 0.3) is 5.91 Å². The number of carbonyl (C=O) groups excluding carboxylic acids is 1. The molecule has 0 aliphatic carbocycles. The van der Waals surface area contributed by atoms with Crippen LogP contribution in [0.15, 0.2) is 42.5 Å². The normalized spacial score (nSPS) is 10.9. The molecule has 2 aromatic carbocycles. The fraction of sp³-hybridized carbons (Fsp3) is 0.273. The number of nitriles is 1. The fourth-order valence-electron chi connectivity index (χ4n) is 2.50. The van der Waals surface area contributed by atoms with E-state index in [-0.39, 0.29) is 32.3 Å². The molecule has 0 radical (unpaired) electrons. The van der Waals surface area contributed by atoms with E-state index < -0.39 is 6.10 Å². The number of amides is 1. The molecule has 0 heterocycles. The number of nitrogens with one attached hydrogen (secondary N) is 1. The van der Waals surface area contributed by atoms with Gasteiger partial charge in [0.1, 0.15) is 25.0 Å². The van der Waals surface area contributed by atoms with Gasteiger partial charge in [-0.05, 0) is 29.8 Å². The lowest BCUT2D eigenvalue weighted by molar-refractivity contribution is -0.132. The molecule has 0 spiro atoms. The van der Waals surface area contributed by atoms with E-state index in [4.69, 9.17) is 42.2 Å². The lowest BCUT2D eigenvalue weighted by Gasteiger charge is -2.17. The van der Waals surface area contributed by atoms with Gasteiger partial charge < -0.3 is 24.3 Å². The summed E-state index contributed by atoms with van der Waals surface area (Å²) in [5, 5.41) is 11.9. The Bertz CT molecular complexity index is 919. The van der Waals surface area contributed by atoms with E-state index in [2.05, 4.69) is 11.2 Å². The lowest BCUT2D eigenvalue weighted by atomic mass is 10.1. The molecule has 30 heavy (non-hydrogen) atoms. The molecular weight excluding hydrogens is 408 g/mol. The molecule has 0 saturated heterocycles. The van der Waals surface area contributed by atoms with E-state index in [1.54, 1.807) is 42.5 Å². The van der Waals surface area contributed by atoms with E-state index in [1.165, 1.54) is 7.11 Å². The second-order valence-electron chi connectivity index (χ2n) is 5.85. The van der Waals surface area contributed by atoms with E-state index in [9.17, 15) is 4.79 Å². The molecule has 2 rings (SSSR count). The molecule has 0 fully saturated rings. The monoisotopic (exact) mass is 428 g/mol. The molecule has 1 N–H and O–H groups in total. The van der Waals surface area contributed by atoms with Crippen LogP contribution in [0.1, 0.15) is 11.7 Å². The van der Waals surface area contributed by atoms with Crippen molar-refractivity contribution in [2.75, 3.05) is 33.5 Å². The van der Waals surface area contributed by atoms with Crippen LogP contribution in [0.4, 0.5) is 0 Å². The summed E-state index contributed by atoms with van der Waals surface area (Å²) in [6.07, 6.45) is 4.39. The van der Waals surface area contributed by atoms with Crippen LogP contribution in [0.25, 0.3) is 0 Å². The van der Waals surface area contributed by atoms with Crippen LogP contribution in [-0.2, 0) is 9.53 Å². The average molecular weight is 429 g/mol. The summed E-state index contributed by atoms with van der Waals surface area (Å²) in [7, 11) is 1.49. The van der Waals surface area contributed by atoms with Gasteiger partial charge in [0.15, 0.2) is 24.2 Å². The first-order chi connectivity index (χ1) is 14.6. The van der Waals surface area contributed by atoms with Crippen LogP contribution in [0.2, 0.25) is 5.02 Å². The van der Waals surface area contributed by atoms with Gasteiger partial charge in [-0.2, -0.15) is 5.26 Å². The van der Waals surface area contributed by atoms with Gasteiger partial charge in [0.2, 0.25) is 0 Å².